The lowest BCUT2D eigenvalue weighted by atomic mass is 10.1. The van der Waals surface area contributed by atoms with Crippen LogP contribution in [0.3, 0.4) is 0 Å². The fourth-order valence-electron chi connectivity index (χ4n) is 2.60. The first-order chi connectivity index (χ1) is 11.0. The van der Waals surface area contributed by atoms with E-state index in [9.17, 15) is 14.0 Å². The molecule has 0 spiro atoms. The van der Waals surface area contributed by atoms with Crippen LogP contribution < -0.4 is 10.2 Å². The zero-order chi connectivity index (χ0) is 16.4. The Morgan fingerprint density at radius 1 is 1.22 bits per heavy atom. The summed E-state index contributed by atoms with van der Waals surface area (Å²) in [5.74, 6) is -1.41. The van der Waals surface area contributed by atoms with Crippen LogP contribution in [0.25, 0.3) is 0 Å². The van der Waals surface area contributed by atoms with Gasteiger partial charge in [-0.2, -0.15) is 0 Å². The molecule has 118 valence electrons. The van der Waals surface area contributed by atoms with Gasteiger partial charge in [-0.1, -0.05) is 18.2 Å². The molecule has 2 amide bonds. The molecule has 2 aromatic carbocycles. The average Bonchev–Trinajstić information content (AvgIpc) is 2.90. The Kier molecular flexibility index (Phi) is 4.61. The molecule has 1 aliphatic rings. The third kappa shape index (κ3) is 3.52. The van der Waals surface area contributed by atoms with Gasteiger partial charge in [0.05, 0.1) is 11.6 Å². The van der Waals surface area contributed by atoms with Crippen LogP contribution in [0.15, 0.2) is 48.5 Å². The highest BCUT2D eigenvalue weighted by molar-refractivity contribution is 14.1. The lowest BCUT2D eigenvalue weighted by molar-refractivity contribution is -0.122. The minimum absolute atomic E-state index is 0.0874. The van der Waals surface area contributed by atoms with E-state index in [0.717, 1.165) is 3.57 Å². The number of benzene rings is 2. The van der Waals surface area contributed by atoms with E-state index in [1.165, 1.54) is 11.0 Å². The zero-order valence-electron chi connectivity index (χ0n) is 12.1. The Balaban J connectivity index is 1.72. The number of nitrogens with zero attached hydrogens (tertiary/aromatic N) is 1. The summed E-state index contributed by atoms with van der Waals surface area (Å²) in [7, 11) is 0. The van der Waals surface area contributed by atoms with Crippen LogP contribution in [0.4, 0.5) is 15.8 Å². The molecule has 1 atom stereocenters. The van der Waals surface area contributed by atoms with Crippen LogP contribution in [0.2, 0.25) is 0 Å². The number of anilines is 2. The Morgan fingerprint density at radius 2 is 2.00 bits per heavy atom. The van der Waals surface area contributed by atoms with E-state index in [4.69, 9.17) is 0 Å². The molecule has 6 heteroatoms. The molecule has 1 heterocycles. The van der Waals surface area contributed by atoms with E-state index >= 15 is 0 Å². The summed E-state index contributed by atoms with van der Waals surface area (Å²) < 4.78 is 14.8. The molecular weight excluding hydrogens is 410 g/mol. The summed E-state index contributed by atoms with van der Waals surface area (Å²) in [6, 6.07) is 13.5. The molecule has 0 radical (unpaired) electrons. The van der Waals surface area contributed by atoms with Crippen molar-refractivity contribution in [1.29, 1.82) is 0 Å². The predicted molar refractivity (Wildman–Crippen MR) is 94.6 cm³/mol. The number of carbonyl (C=O) groups is 2. The summed E-state index contributed by atoms with van der Waals surface area (Å²) in [4.78, 5) is 25.8. The molecule has 1 aliphatic heterocycles. The second-order valence-corrected chi connectivity index (χ2v) is 6.60. The molecule has 0 aromatic heterocycles. The van der Waals surface area contributed by atoms with Crippen LogP contribution in [0, 0.1) is 15.3 Å². The topological polar surface area (TPSA) is 49.4 Å². The molecule has 0 bridgehead atoms. The van der Waals surface area contributed by atoms with Gasteiger partial charge in [-0.3, -0.25) is 9.59 Å². The van der Waals surface area contributed by atoms with E-state index in [2.05, 4.69) is 27.9 Å². The monoisotopic (exact) mass is 424 g/mol. The third-order valence-corrected chi connectivity index (χ3v) is 4.40. The summed E-state index contributed by atoms with van der Waals surface area (Å²) in [6.07, 6.45) is 0.0874. The second-order valence-electron chi connectivity index (χ2n) is 5.36. The lowest BCUT2D eigenvalue weighted by Gasteiger charge is -2.17. The first kappa shape index (κ1) is 15.9. The second kappa shape index (κ2) is 6.66. The number of rotatable bonds is 3. The summed E-state index contributed by atoms with van der Waals surface area (Å²) >= 11 is 2.16. The van der Waals surface area contributed by atoms with Crippen LogP contribution in [-0.4, -0.2) is 18.4 Å². The number of halogens is 2. The smallest absolute Gasteiger partial charge is 0.229 e. The van der Waals surface area contributed by atoms with Crippen molar-refractivity contribution in [3.8, 4) is 0 Å². The number of hydrogen-bond acceptors (Lipinski definition) is 2. The standard InChI is InChI=1S/C17H14FIN2O2/c18-14-6-1-2-7-15(14)21-10-11(8-16(21)22)17(23)20-13-5-3-4-12(19)9-13/h1-7,9,11H,8,10H2,(H,20,23). The van der Waals surface area contributed by atoms with Gasteiger partial charge in [-0.25, -0.2) is 4.39 Å². The van der Waals surface area contributed by atoms with Crippen molar-refractivity contribution in [2.45, 2.75) is 6.42 Å². The molecule has 1 saturated heterocycles. The number of nitrogens with one attached hydrogen (secondary N) is 1. The van der Waals surface area contributed by atoms with Gasteiger partial charge in [0.2, 0.25) is 11.8 Å². The molecule has 4 nitrogen and oxygen atoms in total. The van der Waals surface area contributed by atoms with Crippen molar-refractivity contribution >= 4 is 45.8 Å². The zero-order valence-corrected chi connectivity index (χ0v) is 14.3. The summed E-state index contributed by atoms with van der Waals surface area (Å²) in [6.45, 7) is 0.190. The molecule has 1 fully saturated rings. The van der Waals surface area contributed by atoms with E-state index in [-0.39, 0.29) is 30.5 Å². The Hall–Kier alpha value is -1.96. The van der Waals surface area contributed by atoms with Gasteiger partial charge in [0.15, 0.2) is 0 Å². The van der Waals surface area contributed by atoms with Crippen molar-refractivity contribution in [2.75, 3.05) is 16.8 Å². The number of hydrogen-bond donors (Lipinski definition) is 1. The highest BCUT2D eigenvalue weighted by atomic mass is 127. The molecule has 1 N–H and O–H groups in total. The largest absolute Gasteiger partial charge is 0.326 e. The van der Waals surface area contributed by atoms with Crippen LogP contribution in [0.5, 0.6) is 0 Å². The highest BCUT2D eigenvalue weighted by Crippen LogP contribution is 2.28. The summed E-state index contributed by atoms with van der Waals surface area (Å²) in [5.41, 5.74) is 0.917. The first-order valence-corrected chi connectivity index (χ1v) is 8.24. The van der Waals surface area contributed by atoms with Crippen LogP contribution in [-0.2, 0) is 9.59 Å². The van der Waals surface area contributed by atoms with Crippen molar-refractivity contribution < 1.29 is 14.0 Å². The average molecular weight is 424 g/mol. The first-order valence-electron chi connectivity index (χ1n) is 7.16. The van der Waals surface area contributed by atoms with Gasteiger partial charge < -0.3 is 10.2 Å². The van der Waals surface area contributed by atoms with E-state index in [0.29, 0.717) is 5.69 Å². The maximum atomic E-state index is 13.8. The van der Waals surface area contributed by atoms with E-state index in [1.54, 1.807) is 24.3 Å². The fraction of sp³-hybridized carbons (Fsp3) is 0.176. The number of para-hydroxylation sites is 1. The normalized spacial score (nSPS) is 17.4. The minimum Gasteiger partial charge on any atom is -0.326 e. The lowest BCUT2D eigenvalue weighted by Crippen LogP contribution is -2.28. The van der Waals surface area contributed by atoms with Gasteiger partial charge in [0, 0.05) is 22.2 Å². The molecule has 1 unspecified atom stereocenters. The van der Waals surface area contributed by atoms with Gasteiger partial charge >= 0.3 is 0 Å². The van der Waals surface area contributed by atoms with Crippen LogP contribution >= 0.6 is 22.6 Å². The van der Waals surface area contributed by atoms with E-state index < -0.39 is 11.7 Å². The van der Waals surface area contributed by atoms with Gasteiger partial charge in [0.25, 0.3) is 0 Å². The maximum Gasteiger partial charge on any atom is 0.229 e. The van der Waals surface area contributed by atoms with Gasteiger partial charge in [-0.05, 0) is 52.9 Å². The summed E-state index contributed by atoms with van der Waals surface area (Å²) in [5, 5.41) is 2.82. The quantitative estimate of drug-likeness (QED) is 0.768. The van der Waals surface area contributed by atoms with Crippen molar-refractivity contribution in [3.05, 3.63) is 57.9 Å². The Morgan fingerprint density at radius 3 is 2.74 bits per heavy atom. The highest BCUT2D eigenvalue weighted by Gasteiger charge is 2.36. The molecular formula is C17H14FIN2O2. The van der Waals surface area contributed by atoms with Crippen LogP contribution in [0.1, 0.15) is 6.42 Å². The van der Waals surface area contributed by atoms with Gasteiger partial charge in [0.1, 0.15) is 5.82 Å². The predicted octanol–water partition coefficient (Wildman–Crippen LogP) is 3.42. The Labute approximate surface area is 146 Å². The SMILES string of the molecule is O=C(Nc1cccc(I)c1)C1CC(=O)N(c2ccccc2F)C1. The minimum atomic E-state index is -0.486. The third-order valence-electron chi connectivity index (χ3n) is 3.73. The van der Waals surface area contributed by atoms with Crippen molar-refractivity contribution in [1.82, 2.24) is 0 Å². The Bertz CT molecular complexity index is 766. The van der Waals surface area contributed by atoms with Crippen molar-refractivity contribution in [3.63, 3.8) is 0 Å². The van der Waals surface area contributed by atoms with Crippen molar-refractivity contribution in [2.24, 2.45) is 5.92 Å². The molecule has 3 rings (SSSR count). The molecule has 0 saturated carbocycles. The number of carbonyl (C=O) groups excluding carboxylic acids is 2. The van der Waals surface area contributed by atoms with E-state index in [1.807, 2.05) is 18.2 Å². The molecule has 2 aromatic rings. The number of amides is 2. The molecule has 23 heavy (non-hydrogen) atoms. The van der Waals surface area contributed by atoms with Gasteiger partial charge in [-0.15, -0.1) is 0 Å². The molecule has 0 aliphatic carbocycles. The maximum absolute atomic E-state index is 13.8. The fourth-order valence-corrected chi connectivity index (χ4v) is 3.14.